The van der Waals surface area contributed by atoms with E-state index in [1.807, 2.05) is 13.2 Å². The Bertz CT molecular complexity index is 439. The first-order valence-electron chi connectivity index (χ1n) is 3.98. The Balaban J connectivity index is 2.18. The van der Waals surface area contributed by atoms with Gasteiger partial charge in [-0.25, -0.2) is 0 Å². The molecule has 0 saturated heterocycles. The van der Waals surface area contributed by atoms with Crippen molar-refractivity contribution in [2.45, 2.75) is 0 Å². The third kappa shape index (κ3) is 2.00. The van der Waals surface area contributed by atoms with Crippen LogP contribution >= 0.6 is 11.6 Å². The van der Waals surface area contributed by atoms with Gasteiger partial charge in [-0.05, 0) is 0 Å². The number of aryl methyl sites for hydroxylation is 1. The molecule has 5 nitrogen and oxygen atoms in total. The number of nitrogens with one attached hydrogen (secondary N) is 1. The number of halogens is 1. The molecule has 6 heteroatoms. The minimum atomic E-state index is 0.360. The molecular weight excluding hydrogens is 202 g/mol. The summed E-state index contributed by atoms with van der Waals surface area (Å²) in [4.78, 5) is 0. The van der Waals surface area contributed by atoms with E-state index >= 15 is 0 Å². The molecule has 0 aromatic carbocycles. The lowest BCUT2D eigenvalue weighted by Gasteiger charge is -2.01. The van der Waals surface area contributed by atoms with E-state index < -0.39 is 0 Å². The van der Waals surface area contributed by atoms with Crippen molar-refractivity contribution in [3.8, 4) is 0 Å². The van der Waals surface area contributed by atoms with E-state index in [9.17, 15) is 0 Å². The van der Waals surface area contributed by atoms with Gasteiger partial charge in [0, 0.05) is 19.3 Å². The molecule has 2 heterocycles. The minimum absolute atomic E-state index is 0.360. The van der Waals surface area contributed by atoms with Crippen LogP contribution in [0.25, 0.3) is 0 Å². The summed E-state index contributed by atoms with van der Waals surface area (Å²) in [6.45, 7) is 0. The average molecular weight is 210 g/mol. The molecular formula is C8H8ClN5. The summed E-state index contributed by atoms with van der Waals surface area (Å²) in [7, 11) is 1.85. The van der Waals surface area contributed by atoms with Gasteiger partial charge in [-0.2, -0.15) is 10.2 Å². The molecule has 0 radical (unpaired) electrons. The van der Waals surface area contributed by atoms with Crippen molar-refractivity contribution < 1.29 is 0 Å². The molecule has 2 aromatic rings. The lowest BCUT2D eigenvalue weighted by molar-refractivity contribution is 0.768. The fourth-order valence-electron chi connectivity index (χ4n) is 1.06. The van der Waals surface area contributed by atoms with Gasteiger partial charge in [-0.3, -0.25) is 4.68 Å². The van der Waals surface area contributed by atoms with Crippen LogP contribution in [0.15, 0.2) is 24.7 Å². The van der Waals surface area contributed by atoms with Crippen molar-refractivity contribution in [2.24, 2.45) is 7.05 Å². The monoisotopic (exact) mass is 209 g/mol. The van der Waals surface area contributed by atoms with Gasteiger partial charge in [0.2, 0.25) is 0 Å². The predicted octanol–water partition coefficient (Wildman–Crippen LogP) is 1.61. The number of anilines is 2. The van der Waals surface area contributed by atoms with Crippen LogP contribution in [-0.4, -0.2) is 20.0 Å². The second kappa shape index (κ2) is 3.63. The van der Waals surface area contributed by atoms with Crippen LogP contribution in [0.3, 0.4) is 0 Å². The summed E-state index contributed by atoms with van der Waals surface area (Å²) < 4.78 is 1.71. The Morgan fingerprint density at radius 2 is 2.21 bits per heavy atom. The molecule has 0 atom stereocenters. The highest BCUT2D eigenvalue weighted by Gasteiger charge is 1.98. The fourth-order valence-corrected chi connectivity index (χ4v) is 1.22. The summed E-state index contributed by atoms with van der Waals surface area (Å²) >= 11 is 5.68. The van der Waals surface area contributed by atoms with Crippen LogP contribution in [-0.2, 0) is 7.05 Å². The van der Waals surface area contributed by atoms with E-state index in [0.29, 0.717) is 5.15 Å². The molecule has 2 aromatic heterocycles. The van der Waals surface area contributed by atoms with Crippen LogP contribution in [0.1, 0.15) is 0 Å². The maximum Gasteiger partial charge on any atom is 0.153 e. The zero-order chi connectivity index (χ0) is 9.97. The molecule has 0 aliphatic heterocycles. The van der Waals surface area contributed by atoms with Crippen LogP contribution in [0.2, 0.25) is 5.15 Å². The van der Waals surface area contributed by atoms with Crippen molar-refractivity contribution in [2.75, 3.05) is 5.32 Å². The molecule has 0 fully saturated rings. The molecule has 0 unspecified atom stereocenters. The van der Waals surface area contributed by atoms with Crippen molar-refractivity contribution in [3.63, 3.8) is 0 Å². The zero-order valence-electron chi connectivity index (χ0n) is 7.48. The van der Waals surface area contributed by atoms with E-state index in [4.69, 9.17) is 11.6 Å². The Hall–Kier alpha value is -1.62. The van der Waals surface area contributed by atoms with Crippen molar-refractivity contribution in [1.29, 1.82) is 0 Å². The van der Waals surface area contributed by atoms with E-state index in [-0.39, 0.29) is 0 Å². The normalized spacial score (nSPS) is 10.1. The van der Waals surface area contributed by atoms with Gasteiger partial charge in [0.15, 0.2) is 5.15 Å². The largest absolute Gasteiger partial charge is 0.352 e. The number of hydrogen-bond donors (Lipinski definition) is 1. The van der Waals surface area contributed by atoms with Gasteiger partial charge in [-0.1, -0.05) is 11.6 Å². The Morgan fingerprint density at radius 3 is 2.86 bits per heavy atom. The zero-order valence-corrected chi connectivity index (χ0v) is 8.23. The highest BCUT2D eigenvalue weighted by atomic mass is 35.5. The minimum Gasteiger partial charge on any atom is -0.352 e. The molecule has 0 aliphatic carbocycles. The van der Waals surface area contributed by atoms with Crippen LogP contribution in [0, 0.1) is 0 Å². The van der Waals surface area contributed by atoms with Gasteiger partial charge >= 0.3 is 0 Å². The summed E-state index contributed by atoms with van der Waals surface area (Å²) in [5.74, 6) is 0. The maximum absolute atomic E-state index is 5.68. The van der Waals surface area contributed by atoms with E-state index in [0.717, 1.165) is 11.4 Å². The van der Waals surface area contributed by atoms with Crippen molar-refractivity contribution >= 4 is 23.0 Å². The Labute approximate surface area is 85.7 Å². The number of aromatic nitrogens is 4. The van der Waals surface area contributed by atoms with E-state index in [1.165, 1.54) is 0 Å². The smallest absolute Gasteiger partial charge is 0.153 e. The van der Waals surface area contributed by atoms with Crippen molar-refractivity contribution in [3.05, 3.63) is 29.8 Å². The average Bonchev–Trinajstić information content (AvgIpc) is 2.51. The first kappa shape index (κ1) is 8.96. The Morgan fingerprint density at radius 1 is 1.36 bits per heavy atom. The van der Waals surface area contributed by atoms with E-state index in [1.54, 1.807) is 23.1 Å². The fraction of sp³-hybridized carbons (Fsp3) is 0.125. The summed E-state index contributed by atoms with van der Waals surface area (Å²) in [6.07, 6.45) is 5.17. The molecule has 2 rings (SSSR count). The van der Waals surface area contributed by atoms with Crippen LogP contribution in [0.5, 0.6) is 0 Å². The van der Waals surface area contributed by atoms with Crippen LogP contribution < -0.4 is 5.32 Å². The maximum atomic E-state index is 5.68. The summed E-state index contributed by atoms with van der Waals surface area (Å²) in [5, 5.41) is 14.8. The summed E-state index contributed by atoms with van der Waals surface area (Å²) in [5.41, 5.74) is 1.68. The van der Waals surface area contributed by atoms with Crippen molar-refractivity contribution in [1.82, 2.24) is 20.0 Å². The number of nitrogens with zero attached hydrogens (tertiary/aromatic N) is 4. The molecule has 0 aliphatic rings. The SMILES string of the molecule is Cn1cc(Nc2cnnc(Cl)c2)cn1. The van der Waals surface area contributed by atoms with Gasteiger partial charge in [0.25, 0.3) is 0 Å². The molecule has 0 spiro atoms. The second-order valence-electron chi connectivity index (χ2n) is 2.79. The van der Waals surface area contributed by atoms with Gasteiger partial charge < -0.3 is 5.32 Å². The number of hydrogen-bond acceptors (Lipinski definition) is 4. The lowest BCUT2D eigenvalue weighted by Crippen LogP contribution is -1.91. The van der Waals surface area contributed by atoms with Gasteiger partial charge in [-0.15, -0.1) is 5.10 Å². The second-order valence-corrected chi connectivity index (χ2v) is 3.18. The Kier molecular flexibility index (Phi) is 2.32. The quantitative estimate of drug-likeness (QED) is 0.817. The highest BCUT2D eigenvalue weighted by Crippen LogP contribution is 2.16. The predicted molar refractivity (Wildman–Crippen MR) is 53.5 cm³/mol. The van der Waals surface area contributed by atoms with E-state index in [2.05, 4.69) is 20.6 Å². The molecule has 0 bridgehead atoms. The molecule has 0 amide bonds. The van der Waals surface area contributed by atoms with Crippen LogP contribution in [0.4, 0.5) is 11.4 Å². The van der Waals surface area contributed by atoms with Gasteiger partial charge in [0.05, 0.1) is 23.8 Å². The first-order valence-corrected chi connectivity index (χ1v) is 4.36. The third-order valence-electron chi connectivity index (χ3n) is 1.62. The molecule has 14 heavy (non-hydrogen) atoms. The molecule has 0 saturated carbocycles. The standard InChI is InChI=1S/C8H8ClN5/c1-14-5-7(4-11-14)12-6-2-8(9)13-10-3-6/h2-5H,1H3,(H,12,13). The summed E-state index contributed by atoms with van der Waals surface area (Å²) in [6, 6.07) is 1.70. The molecule has 72 valence electrons. The highest BCUT2D eigenvalue weighted by molar-refractivity contribution is 6.29. The van der Waals surface area contributed by atoms with Gasteiger partial charge in [0.1, 0.15) is 0 Å². The molecule has 1 N–H and O–H groups in total. The third-order valence-corrected chi connectivity index (χ3v) is 1.80. The number of rotatable bonds is 2. The lowest BCUT2D eigenvalue weighted by atomic mass is 10.4. The topological polar surface area (TPSA) is 55.6 Å². The first-order chi connectivity index (χ1) is 6.74.